The highest BCUT2D eigenvalue weighted by Gasteiger charge is 2.06. The summed E-state index contributed by atoms with van der Waals surface area (Å²) in [5, 5.41) is 13.1. The molecule has 0 saturated carbocycles. The second kappa shape index (κ2) is 5.27. The molecule has 0 aliphatic rings. The third-order valence-electron chi connectivity index (χ3n) is 2.87. The Morgan fingerprint density at radius 2 is 1.95 bits per heavy atom. The fourth-order valence-electron chi connectivity index (χ4n) is 1.95. The number of nitrogens with zero attached hydrogens (tertiary/aromatic N) is 3. The normalized spacial score (nSPS) is 10.2. The molecule has 3 rings (SSSR count). The first-order valence-corrected chi connectivity index (χ1v) is 6.73. The molecule has 5 heteroatoms. The van der Waals surface area contributed by atoms with Gasteiger partial charge in [0.25, 0.3) is 0 Å². The first-order chi connectivity index (χ1) is 9.78. The van der Waals surface area contributed by atoms with Gasteiger partial charge in [0.1, 0.15) is 12.1 Å². The highest BCUT2D eigenvalue weighted by atomic mass is 79.9. The van der Waals surface area contributed by atoms with Crippen molar-refractivity contribution >= 4 is 38.3 Å². The summed E-state index contributed by atoms with van der Waals surface area (Å²) >= 11 is 3.48. The lowest BCUT2D eigenvalue weighted by molar-refractivity contribution is 1.21. The van der Waals surface area contributed by atoms with Crippen molar-refractivity contribution in [1.82, 2.24) is 9.97 Å². The monoisotopic (exact) mass is 324 g/mol. The predicted molar refractivity (Wildman–Crippen MR) is 81.7 cm³/mol. The number of fused-ring (bicyclic) bond motifs is 1. The molecule has 0 aliphatic heterocycles. The molecule has 1 heterocycles. The van der Waals surface area contributed by atoms with Crippen LogP contribution in [0.1, 0.15) is 5.56 Å². The Bertz CT molecular complexity index is 823. The molecule has 20 heavy (non-hydrogen) atoms. The number of hydrogen-bond donors (Lipinski definition) is 1. The van der Waals surface area contributed by atoms with E-state index in [1.165, 1.54) is 6.33 Å². The van der Waals surface area contributed by atoms with Crippen molar-refractivity contribution in [2.45, 2.75) is 0 Å². The Labute approximate surface area is 124 Å². The molecule has 1 N–H and O–H groups in total. The van der Waals surface area contributed by atoms with E-state index < -0.39 is 0 Å². The van der Waals surface area contributed by atoms with E-state index in [1.54, 1.807) is 12.1 Å². The van der Waals surface area contributed by atoms with Crippen molar-refractivity contribution in [2.75, 3.05) is 5.32 Å². The summed E-state index contributed by atoms with van der Waals surface area (Å²) in [6.07, 6.45) is 1.52. The van der Waals surface area contributed by atoms with Gasteiger partial charge in [0, 0.05) is 15.5 Å². The lowest BCUT2D eigenvalue weighted by Gasteiger charge is -2.09. The van der Waals surface area contributed by atoms with E-state index in [0.717, 1.165) is 21.1 Å². The minimum atomic E-state index is 0.606. The number of rotatable bonds is 2. The Kier molecular flexibility index (Phi) is 3.32. The van der Waals surface area contributed by atoms with Gasteiger partial charge in [-0.25, -0.2) is 9.97 Å². The number of nitriles is 1. The van der Waals surface area contributed by atoms with Gasteiger partial charge >= 0.3 is 0 Å². The number of hydrogen-bond acceptors (Lipinski definition) is 4. The maximum Gasteiger partial charge on any atom is 0.141 e. The Morgan fingerprint density at radius 1 is 1.10 bits per heavy atom. The van der Waals surface area contributed by atoms with Crippen molar-refractivity contribution < 1.29 is 0 Å². The molecular formula is C15H9BrN4. The van der Waals surface area contributed by atoms with Crippen molar-refractivity contribution in [3.05, 3.63) is 58.8 Å². The van der Waals surface area contributed by atoms with Crippen LogP contribution in [0.3, 0.4) is 0 Å². The van der Waals surface area contributed by atoms with Gasteiger partial charge < -0.3 is 5.32 Å². The number of halogens is 1. The van der Waals surface area contributed by atoms with E-state index in [9.17, 15) is 0 Å². The zero-order chi connectivity index (χ0) is 13.9. The number of benzene rings is 2. The Hall–Kier alpha value is -2.45. The number of aromatic nitrogens is 2. The molecule has 0 aliphatic carbocycles. The van der Waals surface area contributed by atoms with E-state index in [0.29, 0.717) is 11.4 Å². The lowest BCUT2D eigenvalue weighted by atomic mass is 10.2. The molecule has 96 valence electrons. The fourth-order valence-corrected chi connectivity index (χ4v) is 2.42. The molecule has 0 bridgehead atoms. The van der Waals surface area contributed by atoms with E-state index in [4.69, 9.17) is 5.26 Å². The molecule has 1 aromatic heterocycles. The number of anilines is 2. The third kappa shape index (κ3) is 2.33. The molecule has 3 aromatic rings. The third-order valence-corrected chi connectivity index (χ3v) is 3.51. The van der Waals surface area contributed by atoms with Gasteiger partial charge in [-0.15, -0.1) is 0 Å². The van der Waals surface area contributed by atoms with E-state index in [2.05, 4.69) is 37.3 Å². The summed E-state index contributed by atoms with van der Waals surface area (Å²) in [6, 6.07) is 15.2. The smallest absolute Gasteiger partial charge is 0.141 e. The first-order valence-electron chi connectivity index (χ1n) is 5.94. The van der Waals surface area contributed by atoms with Crippen LogP contribution < -0.4 is 5.32 Å². The highest BCUT2D eigenvalue weighted by molar-refractivity contribution is 9.10. The molecule has 2 aromatic carbocycles. The maximum atomic E-state index is 8.93. The molecule has 0 unspecified atom stereocenters. The number of nitrogens with one attached hydrogen (secondary N) is 1. The van der Waals surface area contributed by atoms with Crippen LogP contribution in [0, 0.1) is 11.3 Å². The zero-order valence-corrected chi connectivity index (χ0v) is 11.9. The predicted octanol–water partition coefficient (Wildman–Crippen LogP) is 4.01. The molecule has 0 saturated heterocycles. The van der Waals surface area contributed by atoms with Crippen molar-refractivity contribution in [1.29, 1.82) is 5.26 Å². The zero-order valence-electron chi connectivity index (χ0n) is 10.3. The summed E-state index contributed by atoms with van der Waals surface area (Å²) in [6.45, 7) is 0. The van der Waals surface area contributed by atoms with Gasteiger partial charge in [-0.05, 0) is 46.3 Å². The van der Waals surface area contributed by atoms with Gasteiger partial charge in [0.05, 0.1) is 17.1 Å². The van der Waals surface area contributed by atoms with E-state index >= 15 is 0 Å². The average molecular weight is 325 g/mol. The van der Waals surface area contributed by atoms with Gasteiger partial charge in [-0.1, -0.05) is 12.1 Å². The fraction of sp³-hybridized carbons (Fsp3) is 0. The van der Waals surface area contributed by atoms with Crippen LogP contribution in [0.25, 0.3) is 10.9 Å². The molecular weight excluding hydrogens is 316 g/mol. The summed E-state index contributed by atoms with van der Waals surface area (Å²) in [5.74, 6) is 0.714. The quantitative estimate of drug-likeness (QED) is 0.773. The summed E-state index contributed by atoms with van der Waals surface area (Å²) < 4.78 is 0.922. The van der Waals surface area contributed by atoms with Gasteiger partial charge in [0.15, 0.2) is 0 Å². The van der Waals surface area contributed by atoms with E-state index in [1.807, 2.05) is 30.3 Å². The van der Waals surface area contributed by atoms with Crippen LogP contribution >= 0.6 is 15.9 Å². The first kappa shape index (κ1) is 12.6. The molecule has 0 spiro atoms. The molecule has 0 radical (unpaired) electrons. The van der Waals surface area contributed by atoms with Crippen LogP contribution in [0.2, 0.25) is 0 Å². The van der Waals surface area contributed by atoms with Crippen LogP contribution in [-0.4, -0.2) is 9.97 Å². The SMILES string of the molecule is N#Cc1cccc(Nc2ncnc3c(Br)cccc23)c1. The van der Waals surface area contributed by atoms with Crippen LogP contribution in [0.15, 0.2) is 53.3 Å². The minimum absolute atomic E-state index is 0.606. The van der Waals surface area contributed by atoms with Crippen LogP contribution in [0.5, 0.6) is 0 Å². The topological polar surface area (TPSA) is 61.6 Å². The average Bonchev–Trinajstić information content (AvgIpc) is 2.49. The van der Waals surface area contributed by atoms with Crippen molar-refractivity contribution in [3.8, 4) is 6.07 Å². The van der Waals surface area contributed by atoms with Crippen LogP contribution in [-0.2, 0) is 0 Å². The van der Waals surface area contributed by atoms with Gasteiger partial charge in [-0.3, -0.25) is 0 Å². The Morgan fingerprint density at radius 3 is 2.80 bits per heavy atom. The number of para-hydroxylation sites is 1. The van der Waals surface area contributed by atoms with Crippen molar-refractivity contribution in [2.24, 2.45) is 0 Å². The maximum absolute atomic E-state index is 8.93. The largest absolute Gasteiger partial charge is 0.340 e. The summed E-state index contributed by atoms with van der Waals surface area (Å²) in [5.41, 5.74) is 2.28. The molecule has 0 atom stereocenters. The second-order valence-corrected chi connectivity index (χ2v) is 5.03. The lowest BCUT2D eigenvalue weighted by Crippen LogP contribution is -1.96. The second-order valence-electron chi connectivity index (χ2n) is 4.18. The summed E-state index contributed by atoms with van der Waals surface area (Å²) in [4.78, 5) is 8.54. The van der Waals surface area contributed by atoms with Crippen molar-refractivity contribution in [3.63, 3.8) is 0 Å². The van der Waals surface area contributed by atoms with Gasteiger partial charge in [0.2, 0.25) is 0 Å². The molecule has 4 nitrogen and oxygen atoms in total. The standard InChI is InChI=1S/C15H9BrN4/c16-13-6-2-5-12-14(13)18-9-19-15(12)20-11-4-1-3-10(7-11)8-17/h1-7,9H,(H,18,19,20). The van der Waals surface area contributed by atoms with Gasteiger partial charge in [-0.2, -0.15) is 5.26 Å². The van der Waals surface area contributed by atoms with E-state index in [-0.39, 0.29) is 0 Å². The van der Waals surface area contributed by atoms with Crippen LogP contribution in [0.4, 0.5) is 11.5 Å². The molecule has 0 fully saturated rings. The minimum Gasteiger partial charge on any atom is -0.340 e. The summed E-state index contributed by atoms with van der Waals surface area (Å²) in [7, 11) is 0. The Balaban J connectivity index is 2.07. The molecule has 0 amide bonds. The highest BCUT2D eigenvalue weighted by Crippen LogP contribution is 2.27.